The predicted octanol–water partition coefficient (Wildman–Crippen LogP) is 3.24. The van der Waals surface area contributed by atoms with Crippen LogP contribution in [-0.4, -0.2) is 10.8 Å². The standard InChI is InChI=1S/C13H17NO/c1-5-9(2)6-13(15)12-7-10(3)14-11(4)8-12/h7-8H,2,5-6H2,1,3-4H3. The van der Waals surface area contributed by atoms with Crippen molar-refractivity contribution in [2.75, 3.05) is 0 Å². The number of hydrogen-bond donors (Lipinski definition) is 0. The van der Waals surface area contributed by atoms with Crippen LogP contribution in [0.25, 0.3) is 0 Å². The molecule has 15 heavy (non-hydrogen) atoms. The van der Waals surface area contributed by atoms with Crippen molar-refractivity contribution in [3.05, 3.63) is 41.2 Å². The van der Waals surface area contributed by atoms with Crippen molar-refractivity contribution in [1.82, 2.24) is 4.98 Å². The third-order valence-electron chi connectivity index (χ3n) is 2.31. The van der Waals surface area contributed by atoms with E-state index in [9.17, 15) is 4.79 Å². The van der Waals surface area contributed by atoms with E-state index in [0.29, 0.717) is 6.42 Å². The van der Waals surface area contributed by atoms with Crippen molar-refractivity contribution in [2.45, 2.75) is 33.6 Å². The van der Waals surface area contributed by atoms with E-state index >= 15 is 0 Å². The molecule has 0 spiro atoms. The zero-order chi connectivity index (χ0) is 11.4. The van der Waals surface area contributed by atoms with E-state index in [1.54, 1.807) is 0 Å². The minimum absolute atomic E-state index is 0.135. The molecule has 2 heteroatoms. The Kier molecular flexibility index (Phi) is 3.78. The lowest BCUT2D eigenvalue weighted by Crippen LogP contribution is -2.02. The summed E-state index contributed by atoms with van der Waals surface area (Å²) in [7, 11) is 0. The normalized spacial score (nSPS) is 10.1. The highest BCUT2D eigenvalue weighted by molar-refractivity contribution is 5.97. The van der Waals surface area contributed by atoms with Gasteiger partial charge in [-0.2, -0.15) is 0 Å². The largest absolute Gasteiger partial charge is 0.294 e. The molecule has 1 aromatic heterocycles. The summed E-state index contributed by atoms with van der Waals surface area (Å²) >= 11 is 0. The van der Waals surface area contributed by atoms with Crippen molar-refractivity contribution >= 4 is 5.78 Å². The Morgan fingerprint density at radius 2 is 1.87 bits per heavy atom. The second-order valence-electron chi connectivity index (χ2n) is 3.84. The fourth-order valence-electron chi connectivity index (χ4n) is 1.45. The highest BCUT2D eigenvalue weighted by atomic mass is 16.1. The van der Waals surface area contributed by atoms with Gasteiger partial charge >= 0.3 is 0 Å². The predicted molar refractivity (Wildman–Crippen MR) is 62.1 cm³/mol. The molecule has 0 aliphatic carbocycles. The third kappa shape index (κ3) is 3.31. The Balaban J connectivity index is 2.86. The van der Waals surface area contributed by atoms with E-state index in [2.05, 4.69) is 11.6 Å². The van der Waals surface area contributed by atoms with Gasteiger partial charge in [-0.05, 0) is 32.4 Å². The number of rotatable bonds is 4. The summed E-state index contributed by atoms with van der Waals surface area (Å²) in [4.78, 5) is 16.1. The molecule has 0 amide bonds. The van der Waals surface area contributed by atoms with Crippen LogP contribution in [0.1, 0.15) is 41.5 Å². The summed E-state index contributed by atoms with van der Waals surface area (Å²) in [5.41, 5.74) is 3.50. The number of allylic oxidation sites excluding steroid dienone is 1. The number of pyridine rings is 1. The molecular formula is C13H17NO. The first-order valence-corrected chi connectivity index (χ1v) is 5.18. The molecule has 2 nitrogen and oxygen atoms in total. The molecule has 0 bridgehead atoms. The Bertz CT molecular complexity index is 373. The summed E-state index contributed by atoms with van der Waals surface area (Å²) in [6.45, 7) is 9.66. The van der Waals surface area contributed by atoms with Crippen molar-refractivity contribution in [1.29, 1.82) is 0 Å². The monoisotopic (exact) mass is 203 g/mol. The van der Waals surface area contributed by atoms with E-state index in [4.69, 9.17) is 0 Å². The first-order chi connectivity index (χ1) is 7.02. The van der Waals surface area contributed by atoms with Crippen LogP contribution in [0.4, 0.5) is 0 Å². The zero-order valence-corrected chi connectivity index (χ0v) is 9.63. The van der Waals surface area contributed by atoms with Crippen LogP contribution in [0.5, 0.6) is 0 Å². The number of nitrogens with zero attached hydrogens (tertiary/aromatic N) is 1. The number of carbonyl (C=O) groups excluding carboxylic acids is 1. The zero-order valence-electron chi connectivity index (χ0n) is 9.63. The first-order valence-electron chi connectivity index (χ1n) is 5.18. The molecule has 0 N–H and O–H groups in total. The molecule has 0 aliphatic rings. The van der Waals surface area contributed by atoms with E-state index in [1.807, 2.05) is 32.9 Å². The van der Waals surface area contributed by atoms with Gasteiger partial charge in [-0.25, -0.2) is 0 Å². The van der Waals surface area contributed by atoms with Crippen LogP contribution >= 0.6 is 0 Å². The number of aromatic nitrogens is 1. The van der Waals surface area contributed by atoms with Gasteiger partial charge < -0.3 is 0 Å². The molecular weight excluding hydrogens is 186 g/mol. The maximum Gasteiger partial charge on any atom is 0.167 e. The van der Waals surface area contributed by atoms with Crippen LogP contribution < -0.4 is 0 Å². The highest BCUT2D eigenvalue weighted by Crippen LogP contribution is 2.12. The first kappa shape index (κ1) is 11.6. The fourth-order valence-corrected chi connectivity index (χ4v) is 1.45. The number of ketones is 1. The average Bonchev–Trinajstić information content (AvgIpc) is 2.16. The Morgan fingerprint density at radius 3 is 2.33 bits per heavy atom. The highest BCUT2D eigenvalue weighted by Gasteiger charge is 2.08. The molecule has 0 aliphatic heterocycles. The van der Waals surface area contributed by atoms with Crippen molar-refractivity contribution in [3.63, 3.8) is 0 Å². The number of aryl methyl sites for hydroxylation is 2. The maximum atomic E-state index is 11.8. The van der Waals surface area contributed by atoms with Crippen LogP contribution in [0.3, 0.4) is 0 Å². The molecule has 1 rings (SSSR count). The van der Waals surface area contributed by atoms with Gasteiger partial charge in [0.1, 0.15) is 0 Å². The second-order valence-corrected chi connectivity index (χ2v) is 3.84. The van der Waals surface area contributed by atoms with E-state index in [-0.39, 0.29) is 5.78 Å². The molecule has 0 saturated carbocycles. The average molecular weight is 203 g/mol. The lowest BCUT2D eigenvalue weighted by molar-refractivity contribution is 0.0992. The SMILES string of the molecule is C=C(CC)CC(=O)c1cc(C)nc(C)c1. The van der Waals surface area contributed by atoms with Gasteiger partial charge in [-0.3, -0.25) is 9.78 Å². The van der Waals surface area contributed by atoms with E-state index in [0.717, 1.165) is 28.9 Å². The van der Waals surface area contributed by atoms with Crippen LogP contribution in [-0.2, 0) is 0 Å². The Morgan fingerprint density at radius 1 is 1.33 bits per heavy atom. The molecule has 0 unspecified atom stereocenters. The third-order valence-corrected chi connectivity index (χ3v) is 2.31. The van der Waals surface area contributed by atoms with Gasteiger partial charge in [0.25, 0.3) is 0 Å². The van der Waals surface area contributed by atoms with Gasteiger partial charge in [0.2, 0.25) is 0 Å². The van der Waals surface area contributed by atoms with E-state index < -0.39 is 0 Å². The molecule has 0 aromatic carbocycles. The molecule has 0 fully saturated rings. The topological polar surface area (TPSA) is 30.0 Å². The smallest absolute Gasteiger partial charge is 0.167 e. The Hall–Kier alpha value is -1.44. The van der Waals surface area contributed by atoms with Crippen molar-refractivity contribution in [2.24, 2.45) is 0 Å². The van der Waals surface area contributed by atoms with Crippen LogP contribution in [0.15, 0.2) is 24.3 Å². The molecule has 80 valence electrons. The van der Waals surface area contributed by atoms with Crippen molar-refractivity contribution in [3.8, 4) is 0 Å². The van der Waals surface area contributed by atoms with Gasteiger partial charge in [0.05, 0.1) is 0 Å². The Labute approximate surface area is 91.0 Å². The molecule has 1 aromatic rings. The summed E-state index contributed by atoms with van der Waals surface area (Å²) in [6.07, 6.45) is 1.30. The summed E-state index contributed by atoms with van der Waals surface area (Å²) in [5.74, 6) is 0.135. The lowest BCUT2D eigenvalue weighted by atomic mass is 10.0. The van der Waals surface area contributed by atoms with Gasteiger partial charge in [0, 0.05) is 23.4 Å². The summed E-state index contributed by atoms with van der Waals surface area (Å²) in [6, 6.07) is 3.66. The lowest BCUT2D eigenvalue weighted by Gasteiger charge is -2.04. The van der Waals surface area contributed by atoms with Crippen molar-refractivity contribution < 1.29 is 4.79 Å². The summed E-state index contributed by atoms with van der Waals surface area (Å²) < 4.78 is 0. The number of carbonyl (C=O) groups is 1. The second kappa shape index (κ2) is 4.87. The quantitative estimate of drug-likeness (QED) is 0.555. The van der Waals surface area contributed by atoms with Crippen LogP contribution in [0, 0.1) is 13.8 Å². The molecule has 0 atom stereocenters. The molecule has 0 radical (unpaired) electrons. The summed E-state index contributed by atoms with van der Waals surface area (Å²) in [5, 5.41) is 0. The van der Waals surface area contributed by atoms with Crippen LogP contribution in [0.2, 0.25) is 0 Å². The van der Waals surface area contributed by atoms with Gasteiger partial charge in [-0.15, -0.1) is 0 Å². The number of hydrogen-bond acceptors (Lipinski definition) is 2. The number of Topliss-reactive ketones (excluding diaryl/α,β-unsaturated/α-hetero) is 1. The molecule has 1 heterocycles. The van der Waals surface area contributed by atoms with Gasteiger partial charge in [0.15, 0.2) is 5.78 Å². The van der Waals surface area contributed by atoms with Gasteiger partial charge in [-0.1, -0.05) is 19.1 Å². The minimum atomic E-state index is 0.135. The van der Waals surface area contributed by atoms with E-state index in [1.165, 1.54) is 0 Å². The molecule has 0 saturated heterocycles. The minimum Gasteiger partial charge on any atom is -0.294 e. The maximum absolute atomic E-state index is 11.8. The fraction of sp³-hybridized carbons (Fsp3) is 0.385.